The van der Waals surface area contributed by atoms with Crippen LogP contribution in [-0.4, -0.2) is 13.2 Å². The first kappa shape index (κ1) is 12.4. The van der Waals surface area contributed by atoms with Gasteiger partial charge in [-0.05, 0) is 49.7 Å². The Bertz CT molecular complexity index is 402. The van der Waals surface area contributed by atoms with E-state index in [2.05, 4.69) is 32.0 Å². The zero-order chi connectivity index (χ0) is 12.5. The number of hydrogen-bond donors (Lipinski definition) is 1. The Morgan fingerprint density at radius 3 is 2.82 bits per heavy atom. The fourth-order valence-electron chi connectivity index (χ4n) is 3.04. The second kappa shape index (κ2) is 4.69. The van der Waals surface area contributed by atoms with Crippen LogP contribution in [0.3, 0.4) is 0 Å². The van der Waals surface area contributed by atoms with Crippen LogP contribution >= 0.6 is 0 Å². The third kappa shape index (κ3) is 2.81. The number of rotatable bonds is 3. The van der Waals surface area contributed by atoms with Crippen LogP contribution in [0.15, 0.2) is 18.2 Å². The van der Waals surface area contributed by atoms with E-state index in [0.29, 0.717) is 11.5 Å². The van der Waals surface area contributed by atoms with E-state index < -0.39 is 0 Å². The van der Waals surface area contributed by atoms with Gasteiger partial charge in [0.15, 0.2) is 0 Å². The van der Waals surface area contributed by atoms with Crippen molar-refractivity contribution in [2.24, 2.45) is 11.1 Å². The summed E-state index contributed by atoms with van der Waals surface area (Å²) < 4.78 is 5.45. The molecule has 17 heavy (non-hydrogen) atoms. The monoisotopic (exact) mass is 233 g/mol. The maximum Gasteiger partial charge on any atom is 0.122 e. The molecule has 1 fully saturated rings. The molecule has 1 aliphatic carbocycles. The number of aryl methyl sites for hydroxylation is 1. The summed E-state index contributed by atoms with van der Waals surface area (Å²) in [5, 5.41) is 0. The molecule has 2 atom stereocenters. The average molecular weight is 233 g/mol. The van der Waals surface area contributed by atoms with Gasteiger partial charge in [0, 0.05) is 6.04 Å². The largest absolute Gasteiger partial charge is 0.496 e. The van der Waals surface area contributed by atoms with Gasteiger partial charge in [-0.25, -0.2) is 0 Å². The summed E-state index contributed by atoms with van der Waals surface area (Å²) in [6.07, 6.45) is 4.59. The lowest BCUT2D eigenvalue weighted by Gasteiger charge is -2.25. The maximum atomic E-state index is 6.03. The van der Waals surface area contributed by atoms with Gasteiger partial charge >= 0.3 is 0 Å². The minimum Gasteiger partial charge on any atom is -0.496 e. The Balaban J connectivity index is 2.20. The van der Waals surface area contributed by atoms with Crippen molar-refractivity contribution in [3.05, 3.63) is 29.3 Å². The van der Waals surface area contributed by atoms with E-state index in [-0.39, 0.29) is 0 Å². The van der Waals surface area contributed by atoms with Crippen LogP contribution < -0.4 is 10.5 Å². The normalized spacial score (nSPS) is 28.4. The molecule has 0 saturated heterocycles. The Morgan fingerprint density at radius 2 is 2.24 bits per heavy atom. The number of methoxy groups -OCH3 is 1. The van der Waals surface area contributed by atoms with Gasteiger partial charge in [-0.3, -0.25) is 0 Å². The fraction of sp³-hybridized carbons (Fsp3) is 0.600. The minimum absolute atomic E-state index is 0.348. The third-order valence-electron chi connectivity index (χ3n) is 3.93. The molecule has 94 valence electrons. The Hall–Kier alpha value is -1.02. The van der Waals surface area contributed by atoms with E-state index in [9.17, 15) is 0 Å². The molecular formula is C15H23NO. The van der Waals surface area contributed by atoms with Gasteiger partial charge in [-0.2, -0.15) is 0 Å². The summed E-state index contributed by atoms with van der Waals surface area (Å²) in [5.41, 5.74) is 9.00. The maximum absolute atomic E-state index is 6.03. The first-order chi connectivity index (χ1) is 8.02. The molecular weight excluding hydrogens is 210 g/mol. The topological polar surface area (TPSA) is 35.2 Å². The molecule has 2 rings (SSSR count). The Kier molecular flexibility index (Phi) is 3.43. The average Bonchev–Trinajstić information content (AvgIpc) is 2.59. The number of hydrogen-bond acceptors (Lipinski definition) is 2. The molecule has 1 aromatic carbocycles. The quantitative estimate of drug-likeness (QED) is 0.871. The molecule has 0 heterocycles. The van der Waals surface area contributed by atoms with Crippen LogP contribution in [0.2, 0.25) is 0 Å². The first-order valence-electron chi connectivity index (χ1n) is 6.41. The van der Waals surface area contributed by atoms with Crippen molar-refractivity contribution >= 4 is 0 Å². The van der Waals surface area contributed by atoms with Crippen LogP contribution in [0.1, 0.15) is 37.3 Å². The van der Waals surface area contributed by atoms with Crippen LogP contribution in [-0.2, 0) is 6.42 Å². The van der Waals surface area contributed by atoms with Crippen molar-refractivity contribution < 1.29 is 4.74 Å². The number of ether oxygens (including phenoxy) is 1. The smallest absolute Gasteiger partial charge is 0.122 e. The number of benzene rings is 1. The highest BCUT2D eigenvalue weighted by molar-refractivity contribution is 5.37. The molecule has 0 amide bonds. The zero-order valence-corrected chi connectivity index (χ0v) is 11.1. The Labute approximate surface area is 104 Å². The van der Waals surface area contributed by atoms with Crippen molar-refractivity contribution in [1.29, 1.82) is 0 Å². The summed E-state index contributed by atoms with van der Waals surface area (Å²) in [6, 6.07) is 6.80. The predicted octanol–water partition coefficient (Wildman–Crippen LogP) is 3.06. The van der Waals surface area contributed by atoms with Crippen molar-refractivity contribution in [3.63, 3.8) is 0 Å². The van der Waals surface area contributed by atoms with Crippen LogP contribution in [0, 0.1) is 12.3 Å². The van der Waals surface area contributed by atoms with Gasteiger partial charge < -0.3 is 10.5 Å². The van der Waals surface area contributed by atoms with E-state index in [4.69, 9.17) is 10.5 Å². The molecule has 1 aromatic rings. The second-order valence-electron chi connectivity index (χ2n) is 5.81. The van der Waals surface area contributed by atoms with Gasteiger partial charge in [-0.1, -0.05) is 24.6 Å². The highest BCUT2D eigenvalue weighted by Crippen LogP contribution is 2.41. The summed E-state index contributed by atoms with van der Waals surface area (Å²) >= 11 is 0. The first-order valence-corrected chi connectivity index (χ1v) is 6.41. The lowest BCUT2D eigenvalue weighted by molar-refractivity contribution is 0.321. The SMILES string of the molecule is COc1ccc(C)cc1CC1(C)CCC(N)C1. The molecule has 2 nitrogen and oxygen atoms in total. The molecule has 2 unspecified atom stereocenters. The van der Waals surface area contributed by atoms with Gasteiger partial charge in [0.05, 0.1) is 7.11 Å². The van der Waals surface area contributed by atoms with Gasteiger partial charge in [0.1, 0.15) is 5.75 Å². The third-order valence-corrected chi connectivity index (χ3v) is 3.93. The van der Waals surface area contributed by atoms with Gasteiger partial charge in [0.2, 0.25) is 0 Å². The molecule has 0 spiro atoms. The fourth-order valence-corrected chi connectivity index (χ4v) is 3.04. The molecule has 0 aliphatic heterocycles. The van der Waals surface area contributed by atoms with Crippen molar-refractivity contribution in [1.82, 2.24) is 0 Å². The molecule has 0 radical (unpaired) electrons. The second-order valence-corrected chi connectivity index (χ2v) is 5.81. The van der Waals surface area contributed by atoms with Crippen LogP contribution in [0.4, 0.5) is 0 Å². The molecule has 1 saturated carbocycles. The summed E-state index contributed by atoms with van der Waals surface area (Å²) in [7, 11) is 1.75. The van der Waals surface area contributed by atoms with Gasteiger partial charge in [0.25, 0.3) is 0 Å². The van der Waals surface area contributed by atoms with E-state index in [1.54, 1.807) is 7.11 Å². The molecule has 0 bridgehead atoms. The molecule has 2 heteroatoms. The standard InChI is InChI=1S/C15H23NO/c1-11-4-5-14(17-3)12(8-11)9-15(2)7-6-13(16)10-15/h4-5,8,13H,6-7,9-10,16H2,1-3H3. The van der Waals surface area contributed by atoms with Crippen molar-refractivity contribution in [2.45, 2.75) is 45.6 Å². The highest BCUT2D eigenvalue weighted by atomic mass is 16.5. The molecule has 1 aliphatic rings. The van der Waals surface area contributed by atoms with Crippen LogP contribution in [0.25, 0.3) is 0 Å². The predicted molar refractivity (Wildman–Crippen MR) is 71.4 cm³/mol. The van der Waals surface area contributed by atoms with E-state index in [0.717, 1.165) is 25.0 Å². The van der Waals surface area contributed by atoms with E-state index >= 15 is 0 Å². The summed E-state index contributed by atoms with van der Waals surface area (Å²) in [6.45, 7) is 4.48. The van der Waals surface area contributed by atoms with Crippen molar-refractivity contribution in [2.75, 3.05) is 7.11 Å². The minimum atomic E-state index is 0.348. The lowest BCUT2D eigenvalue weighted by Crippen LogP contribution is -2.21. The summed E-state index contributed by atoms with van der Waals surface area (Å²) in [5.74, 6) is 1.01. The van der Waals surface area contributed by atoms with E-state index in [1.165, 1.54) is 17.5 Å². The lowest BCUT2D eigenvalue weighted by atomic mass is 9.81. The van der Waals surface area contributed by atoms with Crippen molar-refractivity contribution in [3.8, 4) is 5.75 Å². The summed E-state index contributed by atoms with van der Waals surface area (Å²) in [4.78, 5) is 0. The Morgan fingerprint density at radius 1 is 1.47 bits per heavy atom. The number of nitrogens with two attached hydrogens (primary N) is 1. The van der Waals surface area contributed by atoms with E-state index in [1.807, 2.05) is 0 Å². The van der Waals surface area contributed by atoms with Crippen LogP contribution in [0.5, 0.6) is 5.75 Å². The zero-order valence-electron chi connectivity index (χ0n) is 11.1. The van der Waals surface area contributed by atoms with Gasteiger partial charge in [-0.15, -0.1) is 0 Å². The molecule has 2 N–H and O–H groups in total. The molecule has 0 aromatic heterocycles. The highest BCUT2D eigenvalue weighted by Gasteiger charge is 2.34.